The van der Waals surface area contributed by atoms with Gasteiger partial charge in [0.25, 0.3) is 0 Å². The molecular formula is C16H30N2. The quantitative estimate of drug-likeness (QED) is 0.768. The molecule has 3 rings (SSSR count). The number of hydrogen-bond acceptors (Lipinski definition) is 2. The third-order valence-electron chi connectivity index (χ3n) is 5.56. The van der Waals surface area contributed by atoms with E-state index in [1.54, 1.807) is 0 Å². The van der Waals surface area contributed by atoms with Gasteiger partial charge in [-0.05, 0) is 25.7 Å². The largest absolute Gasteiger partial charge is 0.309 e. The molecule has 0 aromatic rings. The minimum atomic E-state index is 0.515. The van der Waals surface area contributed by atoms with Gasteiger partial charge in [0.2, 0.25) is 0 Å². The van der Waals surface area contributed by atoms with Gasteiger partial charge in [0.05, 0.1) is 0 Å². The van der Waals surface area contributed by atoms with Crippen molar-refractivity contribution < 1.29 is 0 Å². The van der Waals surface area contributed by atoms with E-state index in [0.717, 1.165) is 6.04 Å². The Labute approximate surface area is 113 Å². The molecule has 1 heterocycles. The van der Waals surface area contributed by atoms with Gasteiger partial charge >= 0.3 is 0 Å². The number of rotatable bonds is 1. The van der Waals surface area contributed by atoms with Crippen molar-refractivity contribution in [3.63, 3.8) is 0 Å². The van der Waals surface area contributed by atoms with E-state index in [1.165, 1.54) is 90.3 Å². The molecule has 0 atom stereocenters. The minimum absolute atomic E-state index is 0.515. The van der Waals surface area contributed by atoms with E-state index in [4.69, 9.17) is 0 Å². The van der Waals surface area contributed by atoms with Crippen LogP contribution in [0.3, 0.4) is 0 Å². The maximum Gasteiger partial charge on any atom is 0.0309 e. The molecule has 2 heteroatoms. The average molecular weight is 250 g/mol. The second-order valence-corrected chi connectivity index (χ2v) is 6.88. The van der Waals surface area contributed by atoms with Crippen LogP contribution < -0.4 is 5.32 Å². The van der Waals surface area contributed by atoms with Crippen molar-refractivity contribution >= 4 is 0 Å². The van der Waals surface area contributed by atoms with Gasteiger partial charge in [0.1, 0.15) is 0 Å². The fourth-order valence-electron chi connectivity index (χ4n) is 4.49. The van der Waals surface area contributed by atoms with Crippen molar-refractivity contribution in [2.45, 2.75) is 82.2 Å². The van der Waals surface area contributed by atoms with Crippen molar-refractivity contribution in [2.75, 3.05) is 19.6 Å². The lowest BCUT2D eigenvalue weighted by Gasteiger charge is -2.45. The molecule has 3 aliphatic rings. The van der Waals surface area contributed by atoms with Crippen LogP contribution in [0.4, 0.5) is 0 Å². The van der Waals surface area contributed by atoms with Gasteiger partial charge in [-0.1, -0.05) is 44.9 Å². The molecule has 1 saturated heterocycles. The highest BCUT2D eigenvalue weighted by Gasteiger charge is 2.39. The molecule has 1 spiro atoms. The molecule has 0 aromatic heterocycles. The van der Waals surface area contributed by atoms with E-state index in [1.807, 2.05) is 0 Å². The van der Waals surface area contributed by atoms with E-state index >= 15 is 0 Å². The first-order chi connectivity index (χ1) is 8.88. The van der Waals surface area contributed by atoms with Crippen molar-refractivity contribution in [2.24, 2.45) is 0 Å². The van der Waals surface area contributed by atoms with Gasteiger partial charge in [-0.3, -0.25) is 4.90 Å². The predicted octanol–water partition coefficient (Wildman–Crippen LogP) is 3.32. The van der Waals surface area contributed by atoms with Crippen LogP contribution >= 0.6 is 0 Å². The molecule has 2 saturated carbocycles. The summed E-state index contributed by atoms with van der Waals surface area (Å²) in [5, 5.41) is 3.85. The lowest BCUT2D eigenvalue weighted by atomic mass is 9.90. The smallest absolute Gasteiger partial charge is 0.0309 e. The molecule has 18 heavy (non-hydrogen) atoms. The second kappa shape index (κ2) is 5.92. The second-order valence-electron chi connectivity index (χ2n) is 6.88. The van der Waals surface area contributed by atoms with Crippen molar-refractivity contribution in [1.82, 2.24) is 10.2 Å². The summed E-state index contributed by atoms with van der Waals surface area (Å²) in [6, 6.07) is 0.907. The van der Waals surface area contributed by atoms with Crippen LogP contribution in [0.25, 0.3) is 0 Å². The fraction of sp³-hybridized carbons (Fsp3) is 1.00. The van der Waals surface area contributed by atoms with Crippen LogP contribution in [0.15, 0.2) is 0 Å². The molecule has 2 nitrogen and oxygen atoms in total. The molecule has 0 radical (unpaired) electrons. The summed E-state index contributed by atoms with van der Waals surface area (Å²) in [4.78, 5) is 2.85. The van der Waals surface area contributed by atoms with Crippen LogP contribution in [0.5, 0.6) is 0 Å². The summed E-state index contributed by atoms with van der Waals surface area (Å²) in [5.41, 5.74) is 0.515. The number of hydrogen-bond donors (Lipinski definition) is 1. The Morgan fingerprint density at radius 2 is 1.50 bits per heavy atom. The standard InChI is InChI=1S/C16H30N2/c1-2-4-8-15(9-5-3-1)18-13-12-17-16(14-18)10-6-7-11-16/h15,17H,1-14H2. The molecule has 1 N–H and O–H groups in total. The summed E-state index contributed by atoms with van der Waals surface area (Å²) in [5.74, 6) is 0. The summed E-state index contributed by atoms with van der Waals surface area (Å²) in [6.07, 6.45) is 16.1. The van der Waals surface area contributed by atoms with Crippen molar-refractivity contribution in [3.05, 3.63) is 0 Å². The third-order valence-corrected chi connectivity index (χ3v) is 5.56. The van der Waals surface area contributed by atoms with Crippen LogP contribution in [-0.4, -0.2) is 36.1 Å². The van der Waals surface area contributed by atoms with E-state index in [-0.39, 0.29) is 0 Å². The van der Waals surface area contributed by atoms with Gasteiger partial charge in [0.15, 0.2) is 0 Å². The number of piperazine rings is 1. The molecule has 2 aliphatic carbocycles. The maximum atomic E-state index is 3.85. The van der Waals surface area contributed by atoms with Gasteiger partial charge < -0.3 is 5.32 Å². The number of nitrogens with one attached hydrogen (secondary N) is 1. The topological polar surface area (TPSA) is 15.3 Å². The van der Waals surface area contributed by atoms with Crippen molar-refractivity contribution in [3.8, 4) is 0 Å². The van der Waals surface area contributed by atoms with E-state index < -0.39 is 0 Å². The predicted molar refractivity (Wildman–Crippen MR) is 76.9 cm³/mol. The zero-order chi connectivity index (χ0) is 12.3. The molecule has 104 valence electrons. The summed E-state index contributed by atoms with van der Waals surface area (Å²) in [6.45, 7) is 3.88. The minimum Gasteiger partial charge on any atom is -0.309 e. The first kappa shape index (κ1) is 12.9. The molecule has 1 aliphatic heterocycles. The Kier molecular flexibility index (Phi) is 4.25. The first-order valence-corrected chi connectivity index (χ1v) is 8.37. The maximum absolute atomic E-state index is 3.85. The molecule has 3 fully saturated rings. The van der Waals surface area contributed by atoms with Gasteiger partial charge in [0, 0.05) is 31.2 Å². The van der Waals surface area contributed by atoms with E-state index in [9.17, 15) is 0 Å². The molecule has 0 unspecified atom stereocenters. The molecule has 0 aromatic carbocycles. The lowest BCUT2D eigenvalue weighted by Crippen LogP contribution is -2.61. The van der Waals surface area contributed by atoms with Crippen LogP contribution in [0.1, 0.15) is 70.6 Å². The van der Waals surface area contributed by atoms with Crippen LogP contribution in [0, 0.1) is 0 Å². The highest BCUT2D eigenvalue weighted by atomic mass is 15.2. The highest BCUT2D eigenvalue weighted by Crippen LogP contribution is 2.34. The summed E-state index contributed by atoms with van der Waals surface area (Å²) < 4.78 is 0. The fourth-order valence-corrected chi connectivity index (χ4v) is 4.49. The Bertz CT molecular complexity index is 250. The zero-order valence-electron chi connectivity index (χ0n) is 11.9. The average Bonchev–Trinajstić information content (AvgIpc) is 2.77. The monoisotopic (exact) mass is 250 g/mol. The lowest BCUT2D eigenvalue weighted by molar-refractivity contribution is 0.0806. The summed E-state index contributed by atoms with van der Waals surface area (Å²) in [7, 11) is 0. The SMILES string of the molecule is C1CCCC(N2CCNC3(CCCC3)C2)CCC1. The highest BCUT2D eigenvalue weighted by molar-refractivity contribution is 4.99. The van der Waals surface area contributed by atoms with Crippen LogP contribution in [-0.2, 0) is 0 Å². The summed E-state index contributed by atoms with van der Waals surface area (Å²) >= 11 is 0. The first-order valence-electron chi connectivity index (χ1n) is 8.37. The van der Waals surface area contributed by atoms with Crippen molar-refractivity contribution in [1.29, 1.82) is 0 Å². The van der Waals surface area contributed by atoms with Gasteiger partial charge in [-0.15, -0.1) is 0 Å². The van der Waals surface area contributed by atoms with E-state index in [0.29, 0.717) is 5.54 Å². The van der Waals surface area contributed by atoms with Gasteiger partial charge in [-0.25, -0.2) is 0 Å². The third kappa shape index (κ3) is 2.91. The molecular weight excluding hydrogens is 220 g/mol. The Hall–Kier alpha value is -0.0800. The Balaban J connectivity index is 1.59. The Morgan fingerprint density at radius 1 is 0.833 bits per heavy atom. The van der Waals surface area contributed by atoms with E-state index in [2.05, 4.69) is 10.2 Å². The molecule has 0 amide bonds. The normalized spacial score (nSPS) is 31.3. The van der Waals surface area contributed by atoms with Gasteiger partial charge in [-0.2, -0.15) is 0 Å². The molecule has 0 bridgehead atoms. The van der Waals surface area contributed by atoms with Crippen LogP contribution in [0.2, 0.25) is 0 Å². The zero-order valence-corrected chi connectivity index (χ0v) is 11.9. The number of nitrogens with zero attached hydrogens (tertiary/aromatic N) is 1. The Morgan fingerprint density at radius 3 is 2.22 bits per heavy atom.